The van der Waals surface area contributed by atoms with E-state index in [0.717, 1.165) is 63.4 Å². The molecule has 168 valence electrons. The number of carbonyl (C=O) groups excluding carboxylic acids is 2. The molecule has 0 unspecified atom stereocenters. The molecule has 3 aliphatic rings. The number of piperidine rings is 1. The van der Waals surface area contributed by atoms with E-state index in [9.17, 15) is 9.59 Å². The third-order valence-electron chi connectivity index (χ3n) is 6.62. The summed E-state index contributed by atoms with van der Waals surface area (Å²) in [6, 6.07) is 13.4. The minimum atomic E-state index is 0.0594. The van der Waals surface area contributed by atoms with Crippen LogP contribution >= 0.6 is 0 Å². The van der Waals surface area contributed by atoms with Gasteiger partial charge in [0.15, 0.2) is 0 Å². The van der Waals surface area contributed by atoms with E-state index in [0.29, 0.717) is 24.6 Å². The number of aromatic nitrogens is 1. The highest BCUT2D eigenvalue weighted by molar-refractivity contribution is 5.94. The van der Waals surface area contributed by atoms with E-state index in [1.54, 1.807) is 6.20 Å². The van der Waals surface area contributed by atoms with Crippen LogP contribution in [0.25, 0.3) is 0 Å². The summed E-state index contributed by atoms with van der Waals surface area (Å²) in [5.41, 5.74) is 0.688. The Balaban J connectivity index is 1.10. The van der Waals surface area contributed by atoms with E-state index in [-0.39, 0.29) is 17.9 Å². The zero-order chi connectivity index (χ0) is 21.9. The van der Waals surface area contributed by atoms with Crippen molar-refractivity contribution in [3.05, 3.63) is 54.2 Å². The fourth-order valence-electron chi connectivity index (χ4n) is 4.51. The van der Waals surface area contributed by atoms with Gasteiger partial charge < -0.3 is 19.4 Å². The first-order chi connectivity index (χ1) is 15.7. The molecule has 1 aromatic carbocycles. The summed E-state index contributed by atoms with van der Waals surface area (Å²) in [7, 11) is 0. The van der Waals surface area contributed by atoms with Gasteiger partial charge in [-0.05, 0) is 49.2 Å². The van der Waals surface area contributed by atoms with Crippen LogP contribution in [0.1, 0.15) is 36.0 Å². The number of hydrogen-bond donors (Lipinski definition) is 0. The molecule has 1 aromatic heterocycles. The quantitative estimate of drug-likeness (QED) is 0.724. The van der Waals surface area contributed by atoms with Crippen LogP contribution < -0.4 is 9.64 Å². The Morgan fingerprint density at radius 1 is 0.812 bits per heavy atom. The first kappa shape index (κ1) is 20.8. The number of likely N-dealkylation sites (tertiary alicyclic amines) is 1. The Morgan fingerprint density at radius 2 is 1.53 bits per heavy atom. The lowest BCUT2D eigenvalue weighted by molar-refractivity contribution is -0.134. The number of hydrogen-bond acceptors (Lipinski definition) is 5. The molecule has 3 fully saturated rings. The molecule has 32 heavy (non-hydrogen) atoms. The number of nitrogens with zero attached hydrogens (tertiary/aromatic N) is 4. The van der Waals surface area contributed by atoms with Crippen LogP contribution in [0.2, 0.25) is 0 Å². The van der Waals surface area contributed by atoms with Crippen molar-refractivity contribution in [2.45, 2.75) is 31.8 Å². The maximum absolute atomic E-state index is 12.9. The van der Waals surface area contributed by atoms with E-state index in [2.05, 4.69) is 9.88 Å². The average molecular weight is 435 g/mol. The smallest absolute Gasteiger partial charge is 0.253 e. The molecule has 0 spiro atoms. The highest BCUT2D eigenvalue weighted by Crippen LogP contribution is 2.32. The summed E-state index contributed by atoms with van der Waals surface area (Å²) in [4.78, 5) is 35.6. The Bertz CT molecular complexity index is 929. The predicted molar refractivity (Wildman–Crippen MR) is 122 cm³/mol. The molecule has 0 bridgehead atoms. The number of amides is 2. The van der Waals surface area contributed by atoms with Crippen LogP contribution in [0.3, 0.4) is 0 Å². The minimum Gasteiger partial charge on any atom is -0.490 e. The molecule has 7 nitrogen and oxygen atoms in total. The zero-order valence-electron chi connectivity index (χ0n) is 18.4. The van der Waals surface area contributed by atoms with Crippen LogP contribution in [0, 0.1) is 5.92 Å². The maximum Gasteiger partial charge on any atom is 0.253 e. The number of pyridine rings is 1. The van der Waals surface area contributed by atoms with Crippen molar-refractivity contribution < 1.29 is 14.3 Å². The van der Waals surface area contributed by atoms with Crippen molar-refractivity contribution in [2.75, 3.05) is 44.2 Å². The van der Waals surface area contributed by atoms with Gasteiger partial charge in [0.2, 0.25) is 5.91 Å². The van der Waals surface area contributed by atoms with Crippen LogP contribution in [0.5, 0.6) is 5.75 Å². The summed E-state index contributed by atoms with van der Waals surface area (Å²) in [5.74, 6) is 2.42. The Labute approximate surface area is 189 Å². The molecule has 0 N–H and O–H groups in total. The molecule has 0 radical (unpaired) electrons. The summed E-state index contributed by atoms with van der Waals surface area (Å²) in [5, 5.41) is 0. The molecule has 2 saturated heterocycles. The van der Waals surface area contributed by atoms with Crippen LogP contribution in [0.4, 0.5) is 5.82 Å². The van der Waals surface area contributed by atoms with Gasteiger partial charge in [-0.1, -0.05) is 6.07 Å². The van der Waals surface area contributed by atoms with Gasteiger partial charge in [0.1, 0.15) is 17.7 Å². The molecule has 1 saturated carbocycles. The predicted octanol–water partition coefficient (Wildman–Crippen LogP) is 2.82. The largest absolute Gasteiger partial charge is 0.490 e. The Morgan fingerprint density at radius 3 is 2.16 bits per heavy atom. The van der Waals surface area contributed by atoms with Crippen molar-refractivity contribution in [2.24, 2.45) is 5.92 Å². The van der Waals surface area contributed by atoms with Crippen molar-refractivity contribution in [1.29, 1.82) is 0 Å². The lowest BCUT2D eigenvalue weighted by Gasteiger charge is -2.35. The highest BCUT2D eigenvalue weighted by atomic mass is 16.5. The number of piperazine rings is 1. The van der Waals surface area contributed by atoms with Crippen molar-refractivity contribution in [3.8, 4) is 5.75 Å². The first-order valence-electron chi connectivity index (χ1n) is 11.7. The zero-order valence-corrected chi connectivity index (χ0v) is 18.4. The lowest BCUT2D eigenvalue weighted by atomic mass is 10.1. The summed E-state index contributed by atoms with van der Waals surface area (Å²) >= 11 is 0. The lowest BCUT2D eigenvalue weighted by Crippen LogP contribution is -2.49. The van der Waals surface area contributed by atoms with Gasteiger partial charge in [-0.3, -0.25) is 9.59 Å². The molecule has 0 atom stereocenters. The van der Waals surface area contributed by atoms with Gasteiger partial charge in [-0.15, -0.1) is 0 Å². The van der Waals surface area contributed by atoms with Crippen LogP contribution in [-0.2, 0) is 4.79 Å². The number of ether oxygens (including phenoxy) is 1. The molecular weight excluding hydrogens is 404 g/mol. The van der Waals surface area contributed by atoms with Gasteiger partial charge in [0, 0.05) is 69.8 Å². The summed E-state index contributed by atoms with van der Waals surface area (Å²) < 4.78 is 6.13. The van der Waals surface area contributed by atoms with Crippen LogP contribution in [-0.4, -0.2) is 72.0 Å². The number of benzene rings is 1. The standard InChI is InChI=1S/C25H30N4O3/c30-24(19-4-5-19)28-13-10-22(11-14-28)32-21-8-6-20(7-9-21)25(31)29-17-15-27(16-18-29)23-3-1-2-12-26-23/h1-3,6-9,12,19,22H,4-5,10-11,13-18H2. The molecule has 5 rings (SSSR count). The van der Waals surface area contributed by atoms with Crippen LogP contribution in [0.15, 0.2) is 48.7 Å². The van der Waals surface area contributed by atoms with E-state index < -0.39 is 0 Å². The second kappa shape index (κ2) is 9.18. The normalized spacial score (nSPS) is 19.7. The fraction of sp³-hybridized carbons (Fsp3) is 0.480. The molecule has 2 aromatic rings. The SMILES string of the molecule is O=C(c1ccc(OC2CCN(C(=O)C3CC3)CC2)cc1)N1CCN(c2ccccn2)CC1. The highest BCUT2D eigenvalue weighted by Gasteiger charge is 2.35. The second-order valence-corrected chi connectivity index (χ2v) is 8.91. The molecule has 2 amide bonds. The average Bonchev–Trinajstić information content (AvgIpc) is 3.71. The maximum atomic E-state index is 12.9. The first-order valence-corrected chi connectivity index (χ1v) is 11.7. The van der Waals surface area contributed by atoms with E-state index in [1.807, 2.05) is 52.3 Å². The third kappa shape index (κ3) is 4.71. The van der Waals surface area contributed by atoms with Gasteiger partial charge in [-0.2, -0.15) is 0 Å². The van der Waals surface area contributed by atoms with Gasteiger partial charge in [0.05, 0.1) is 0 Å². The minimum absolute atomic E-state index is 0.0594. The topological polar surface area (TPSA) is 66.0 Å². The number of rotatable bonds is 5. The van der Waals surface area contributed by atoms with E-state index >= 15 is 0 Å². The van der Waals surface area contributed by atoms with E-state index in [4.69, 9.17) is 4.74 Å². The van der Waals surface area contributed by atoms with Crippen molar-refractivity contribution in [1.82, 2.24) is 14.8 Å². The molecule has 7 heteroatoms. The van der Waals surface area contributed by atoms with Gasteiger partial charge >= 0.3 is 0 Å². The number of anilines is 1. The summed E-state index contributed by atoms with van der Waals surface area (Å²) in [6.45, 7) is 4.50. The van der Waals surface area contributed by atoms with Crippen molar-refractivity contribution in [3.63, 3.8) is 0 Å². The fourth-order valence-corrected chi connectivity index (χ4v) is 4.51. The Kier molecular flexibility index (Phi) is 5.97. The van der Waals surface area contributed by atoms with Gasteiger partial charge in [0.25, 0.3) is 5.91 Å². The molecular formula is C25H30N4O3. The summed E-state index contributed by atoms with van der Waals surface area (Å²) in [6.07, 6.45) is 5.76. The monoisotopic (exact) mass is 434 g/mol. The third-order valence-corrected chi connectivity index (χ3v) is 6.62. The molecule has 1 aliphatic carbocycles. The second-order valence-electron chi connectivity index (χ2n) is 8.91. The van der Waals surface area contributed by atoms with Gasteiger partial charge in [-0.25, -0.2) is 4.98 Å². The number of carbonyl (C=O) groups is 2. The van der Waals surface area contributed by atoms with Crippen molar-refractivity contribution >= 4 is 17.6 Å². The molecule has 3 heterocycles. The molecule has 2 aliphatic heterocycles. The Hall–Kier alpha value is -3.09. The van der Waals surface area contributed by atoms with E-state index in [1.165, 1.54) is 0 Å².